The molecular weight excluding hydrogens is 195 g/mol. The summed E-state index contributed by atoms with van der Waals surface area (Å²) in [4.78, 5) is 6.93. The van der Waals surface area contributed by atoms with Gasteiger partial charge in [-0.05, 0) is 30.7 Å². The number of H-pyrrole nitrogens is 1. The van der Waals surface area contributed by atoms with E-state index < -0.39 is 0 Å². The molecule has 0 aliphatic heterocycles. The van der Waals surface area contributed by atoms with E-state index in [-0.39, 0.29) is 5.82 Å². The molecule has 15 heavy (non-hydrogen) atoms. The summed E-state index contributed by atoms with van der Waals surface area (Å²) in [7, 11) is 0. The smallest absolute Gasteiger partial charge is 0.215 e. The van der Waals surface area contributed by atoms with E-state index in [2.05, 4.69) is 15.4 Å². The monoisotopic (exact) mass is 206 g/mol. The third-order valence-electron chi connectivity index (χ3n) is 2.18. The van der Waals surface area contributed by atoms with Gasteiger partial charge in [-0.3, -0.25) is 5.43 Å². The summed E-state index contributed by atoms with van der Waals surface area (Å²) in [6.45, 7) is 1.72. The number of benzene rings is 1. The number of nitrogen functional groups attached to an aromatic ring is 1. The first-order valence-corrected chi connectivity index (χ1v) is 4.49. The predicted molar refractivity (Wildman–Crippen MR) is 56.5 cm³/mol. The van der Waals surface area contributed by atoms with Gasteiger partial charge in [-0.25, -0.2) is 15.2 Å². The molecule has 0 spiro atoms. The van der Waals surface area contributed by atoms with Gasteiger partial charge in [0.2, 0.25) is 5.95 Å². The van der Waals surface area contributed by atoms with Crippen molar-refractivity contribution in [3.8, 4) is 11.3 Å². The Balaban J connectivity index is 2.40. The van der Waals surface area contributed by atoms with Crippen molar-refractivity contribution >= 4 is 5.95 Å². The molecule has 4 nitrogen and oxygen atoms in total. The lowest BCUT2D eigenvalue weighted by Crippen LogP contribution is -2.07. The Labute approximate surface area is 86.3 Å². The topological polar surface area (TPSA) is 66.7 Å². The first-order valence-electron chi connectivity index (χ1n) is 4.49. The van der Waals surface area contributed by atoms with Crippen LogP contribution in [-0.2, 0) is 0 Å². The largest absolute Gasteiger partial charge is 0.323 e. The third kappa shape index (κ3) is 1.82. The van der Waals surface area contributed by atoms with Crippen molar-refractivity contribution in [3.05, 3.63) is 35.8 Å². The number of aromatic amines is 1. The second kappa shape index (κ2) is 3.70. The van der Waals surface area contributed by atoms with Crippen molar-refractivity contribution < 1.29 is 4.39 Å². The van der Waals surface area contributed by atoms with Crippen LogP contribution in [0.2, 0.25) is 0 Å². The van der Waals surface area contributed by atoms with Gasteiger partial charge in [-0.2, -0.15) is 0 Å². The molecule has 0 fully saturated rings. The molecule has 2 aromatic rings. The molecule has 4 N–H and O–H groups in total. The van der Waals surface area contributed by atoms with Crippen LogP contribution in [-0.4, -0.2) is 9.97 Å². The van der Waals surface area contributed by atoms with E-state index in [0.717, 1.165) is 11.3 Å². The quantitative estimate of drug-likeness (QED) is 0.518. The van der Waals surface area contributed by atoms with Crippen LogP contribution >= 0.6 is 0 Å². The second-order valence-electron chi connectivity index (χ2n) is 3.25. The molecule has 2 rings (SSSR count). The highest BCUT2D eigenvalue weighted by atomic mass is 19.1. The molecule has 0 bridgehead atoms. The van der Waals surface area contributed by atoms with E-state index in [1.54, 1.807) is 25.3 Å². The van der Waals surface area contributed by atoms with Crippen LogP contribution in [0.25, 0.3) is 11.3 Å². The van der Waals surface area contributed by atoms with E-state index in [1.807, 2.05) is 0 Å². The van der Waals surface area contributed by atoms with Gasteiger partial charge in [0.15, 0.2) is 0 Å². The number of hydrogen-bond donors (Lipinski definition) is 3. The third-order valence-corrected chi connectivity index (χ3v) is 2.18. The number of halogens is 1. The van der Waals surface area contributed by atoms with Gasteiger partial charge >= 0.3 is 0 Å². The minimum absolute atomic E-state index is 0.213. The number of anilines is 1. The molecule has 0 unspecified atom stereocenters. The number of aromatic nitrogens is 2. The Morgan fingerprint density at radius 2 is 2.27 bits per heavy atom. The summed E-state index contributed by atoms with van der Waals surface area (Å²) in [6.07, 6.45) is 1.64. The normalized spacial score (nSPS) is 10.3. The van der Waals surface area contributed by atoms with E-state index in [4.69, 9.17) is 5.84 Å². The zero-order valence-electron chi connectivity index (χ0n) is 8.21. The van der Waals surface area contributed by atoms with Crippen molar-refractivity contribution in [1.29, 1.82) is 0 Å². The molecule has 5 heteroatoms. The second-order valence-corrected chi connectivity index (χ2v) is 3.25. The van der Waals surface area contributed by atoms with Gasteiger partial charge in [-0.15, -0.1) is 0 Å². The average molecular weight is 206 g/mol. The molecule has 0 amide bonds. The van der Waals surface area contributed by atoms with Crippen molar-refractivity contribution in [1.82, 2.24) is 9.97 Å². The first-order chi connectivity index (χ1) is 7.20. The standard InChI is InChI=1S/C10H11FN4/c1-6-4-7(2-3-8(6)11)9-5-13-10(14-9)15-12/h2-5H,12H2,1H3,(H2,13,14,15). The summed E-state index contributed by atoms with van der Waals surface area (Å²) in [6, 6.07) is 4.88. The number of nitrogens with one attached hydrogen (secondary N) is 2. The highest BCUT2D eigenvalue weighted by Gasteiger charge is 2.04. The summed E-state index contributed by atoms with van der Waals surface area (Å²) in [5.41, 5.74) is 4.68. The molecule has 0 saturated heterocycles. The van der Waals surface area contributed by atoms with Crippen molar-refractivity contribution in [2.24, 2.45) is 5.84 Å². The fraction of sp³-hybridized carbons (Fsp3) is 0.100. The predicted octanol–water partition coefficient (Wildman–Crippen LogP) is 1.81. The van der Waals surface area contributed by atoms with Crippen LogP contribution in [0, 0.1) is 12.7 Å². The Morgan fingerprint density at radius 3 is 2.87 bits per heavy atom. The van der Waals surface area contributed by atoms with E-state index in [0.29, 0.717) is 11.5 Å². The Hall–Kier alpha value is -1.88. The number of aryl methyl sites for hydroxylation is 1. The number of hydrogen-bond acceptors (Lipinski definition) is 3. The molecule has 0 aliphatic carbocycles. The van der Waals surface area contributed by atoms with Gasteiger partial charge in [0, 0.05) is 5.56 Å². The van der Waals surface area contributed by atoms with Crippen LogP contribution < -0.4 is 11.3 Å². The zero-order chi connectivity index (χ0) is 10.8. The summed E-state index contributed by atoms with van der Waals surface area (Å²) < 4.78 is 13.0. The maximum Gasteiger partial charge on any atom is 0.215 e. The number of imidazole rings is 1. The molecular formula is C10H11FN4. The molecule has 78 valence electrons. The number of nitrogens with two attached hydrogens (primary N) is 1. The number of nitrogens with zero attached hydrogens (tertiary/aromatic N) is 1. The van der Waals surface area contributed by atoms with Crippen molar-refractivity contribution in [2.75, 3.05) is 5.43 Å². The molecule has 0 aliphatic rings. The average Bonchev–Trinajstić information content (AvgIpc) is 2.70. The van der Waals surface area contributed by atoms with Gasteiger partial charge < -0.3 is 4.98 Å². The zero-order valence-corrected chi connectivity index (χ0v) is 8.21. The van der Waals surface area contributed by atoms with Crippen molar-refractivity contribution in [3.63, 3.8) is 0 Å². The van der Waals surface area contributed by atoms with Crippen LogP contribution in [0.15, 0.2) is 24.4 Å². The summed E-state index contributed by atoms with van der Waals surface area (Å²) in [5.74, 6) is 5.46. The molecule has 1 aromatic heterocycles. The maximum atomic E-state index is 13.0. The number of rotatable bonds is 2. The van der Waals surface area contributed by atoms with E-state index >= 15 is 0 Å². The molecule has 1 aromatic carbocycles. The fourth-order valence-electron chi connectivity index (χ4n) is 1.35. The maximum absolute atomic E-state index is 13.0. The van der Waals surface area contributed by atoms with Crippen LogP contribution in [0.3, 0.4) is 0 Å². The Kier molecular flexibility index (Phi) is 2.39. The lowest BCUT2D eigenvalue weighted by molar-refractivity contribution is 0.619. The van der Waals surface area contributed by atoms with Crippen LogP contribution in [0.5, 0.6) is 0 Å². The van der Waals surface area contributed by atoms with Gasteiger partial charge in [0.25, 0.3) is 0 Å². The van der Waals surface area contributed by atoms with Crippen LogP contribution in [0.4, 0.5) is 10.3 Å². The molecule has 1 heterocycles. The molecule has 0 saturated carbocycles. The number of hydrazine groups is 1. The summed E-state index contributed by atoms with van der Waals surface area (Å²) >= 11 is 0. The van der Waals surface area contributed by atoms with Gasteiger partial charge in [0.05, 0.1) is 11.9 Å². The van der Waals surface area contributed by atoms with Crippen molar-refractivity contribution in [2.45, 2.75) is 6.92 Å². The van der Waals surface area contributed by atoms with E-state index in [1.165, 1.54) is 6.07 Å². The van der Waals surface area contributed by atoms with Crippen LogP contribution in [0.1, 0.15) is 5.56 Å². The fourth-order valence-corrected chi connectivity index (χ4v) is 1.35. The molecule has 0 atom stereocenters. The van der Waals surface area contributed by atoms with E-state index in [9.17, 15) is 4.39 Å². The minimum Gasteiger partial charge on any atom is -0.323 e. The highest BCUT2D eigenvalue weighted by Crippen LogP contribution is 2.20. The Morgan fingerprint density at radius 1 is 1.47 bits per heavy atom. The van der Waals surface area contributed by atoms with Gasteiger partial charge in [0.1, 0.15) is 5.82 Å². The lowest BCUT2D eigenvalue weighted by atomic mass is 10.1. The SMILES string of the molecule is Cc1cc(-c2cnc(NN)[nH]2)ccc1F. The lowest BCUT2D eigenvalue weighted by Gasteiger charge is -2.00. The first kappa shape index (κ1) is 9.67. The summed E-state index contributed by atoms with van der Waals surface area (Å²) in [5, 5.41) is 0. The molecule has 0 radical (unpaired) electrons. The van der Waals surface area contributed by atoms with Gasteiger partial charge in [-0.1, -0.05) is 0 Å². The Bertz CT molecular complexity index is 478. The highest BCUT2D eigenvalue weighted by molar-refractivity contribution is 5.61. The minimum atomic E-state index is -0.213.